The fourth-order valence-corrected chi connectivity index (χ4v) is 7.23. The molecule has 0 amide bonds. The second-order valence-electron chi connectivity index (χ2n) is 10.9. The van der Waals surface area contributed by atoms with Crippen LogP contribution in [0.3, 0.4) is 0 Å². The Bertz CT molecular complexity index is 570. The summed E-state index contributed by atoms with van der Waals surface area (Å²) >= 11 is 0. The number of aliphatic hydroxyl groups excluding tert-OH is 1. The molecular formula is C24H44O4Si. The molecule has 6 atom stereocenters. The fourth-order valence-electron chi connectivity index (χ4n) is 6.04. The van der Waals surface area contributed by atoms with Crippen LogP contribution < -0.4 is 0 Å². The lowest BCUT2D eigenvalue weighted by atomic mass is 9.61. The first-order valence-corrected chi connectivity index (χ1v) is 15.0. The normalized spacial score (nSPS) is 31.8. The summed E-state index contributed by atoms with van der Waals surface area (Å²) in [5.74, 6) is 1.72. The van der Waals surface area contributed by atoms with Crippen LogP contribution in [0, 0.1) is 23.2 Å². The second kappa shape index (κ2) is 10.1. The summed E-state index contributed by atoms with van der Waals surface area (Å²) in [5.41, 5.74) is 1.16. The monoisotopic (exact) mass is 424 g/mol. The van der Waals surface area contributed by atoms with Crippen LogP contribution in [0.5, 0.6) is 0 Å². The van der Waals surface area contributed by atoms with E-state index in [1.165, 1.54) is 39.0 Å². The summed E-state index contributed by atoms with van der Waals surface area (Å²) in [6.45, 7) is 17.4. The number of carbonyl (C=O) groups excluding carboxylic acids is 1. The summed E-state index contributed by atoms with van der Waals surface area (Å²) in [6, 6.07) is 0. The Balaban J connectivity index is 1.87. The number of carbonyl (C=O) groups is 1. The lowest BCUT2D eigenvalue weighted by Gasteiger charge is -2.48. The molecule has 2 aliphatic carbocycles. The maximum atomic E-state index is 10.9. The van der Waals surface area contributed by atoms with Crippen LogP contribution >= 0.6 is 0 Å². The van der Waals surface area contributed by atoms with Crippen LogP contribution in [0.4, 0.5) is 0 Å². The minimum atomic E-state index is -1.52. The van der Waals surface area contributed by atoms with E-state index < -0.39 is 14.4 Å². The fraction of sp³-hybridized carbons (Fsp3) is 0.875. The highest BCUT2D eigenvalue weighted by molar-refractivity contribution is 6.69. The second-order valence-corrected chi connectivity index (χ2v) is 15.4. The van der Waals surface area contributed by atoms with Crippen molar-refractivity contribution in [2.24, 2.45) is 23.2 Å². The van der Waals surface area contributed by atoms with Gasteiger partial charge in [0.15, 0.2) is 8.32 Å². The molecule has 168 valence electrons. The highest BCUT2D eigenvalue weighted by Gasteiger charge is 2.53. The first-order valence-electron chi connectivity index (χ1n) is 11.6. The molecule has 2 rings (SSSR count). The number of aliphatic hydroxyl groups is 1. The number of ether oxygens (including phenoxy) is 1. The predicted octanol–water partition coefficient (Wildman–Crippen LogP) is 5.71. The third kappa shape index (κ3) is 6.93. The third-order valence-electron chi connectivity index (χ3n) is 7.29. The van der Waals surface area contributed by atoms with Crippen LogP contribution in [0.25, 0.3) is 0 Å². The van der Waals surface area contributed by atoms with Gasteiger partial charge in [-0.15, -0.1) is 0 Å². The summed E-state index contributed by atoms with van der Waals surface area (Å²) in [6.07, 6.45) is 8.80. The molecule has 0 aromatic carbocycles. The highest BCUT2D eigenvalue weighted by Crippen LogP contribution is 2.59. The minimum absolute atomic E-state index is 0.211. The number of rotatable bonds is 10. The van der Waals surface area contributed by atoms with E-state index in [0.717, 1.165) is 24.3 Å². The van der Waals surface area contributed by atoms with Crippen molar-refractivity contribution in [3.8, 4) is 0 Å². The van der Waals surface area contributed by atoms with Crippen LogP contribution in [0.1, 0.15) is 72.1 Å². The van der Waals surface area contributed by atoms with Gasteiger partial charge in [-0.3, -0.25) is 4.79 Å². The molecule has 3 unspecified atom stereocenters. The molecule has 0 saturated heterocycles. The molecule has 1 N–H and O–H groups in total. The number of hydrogen-bond donors (Lipinski definition) is 1. The zero-order valence-electron chi connectivity index (χ0n) is 19.6. The minimum Gasteiger partial charge on any atom is -0.461 e. The first-order chi connectivity index (χ1) is 13.4. The molecule has 0 aromatic rings. The van der Waals surface area contributed by atoms with Crippen LogP contribution in [0.15, 0.2) is 12.2 Å². The molecule has 0 radical (unpaired) electrons. The summed E-state index contributed by atoms with van der Waals surface area (Å²) in [4.78, 5) is 10.9. The summed E-state index contributed by atoms with van der Waals surface area (Å²) < 4.78 is 11.6. The first kappa shape index (κ1) is 24.6. The molecule has 0 heterocycles. The van der Waals surface area contributed by atoms with Gasteiger partial charge in [-0.2, -0.15) is 0 Å². The molecule has 2 saturated carbocycles. The van der Waals surface area contributed by atoms with Crippen LogP contribution in [-0.2, 0) is 14.0 Å². The van der Waals surface area contributed by atoms with Crippen molar-refractivity contribution in [1.29, 1.82) is 0 Å². The van der Waals surface area contributed by atoms with E-state index in [-0.39, 0.29) is 12.6 Å². The highest BCUT2D eigenvalue weighted by atomic mass is 28.4. The number of hydrogen-bond acceptors (Lipinski definition) is 4. The maximum Gasteiger partial charge on any atom is 0.302 e. The number of fused-ring (bicyclic) bond motifs is 1. The van der Waals surface area contributed by atoms with Crippen molar-refractivity contribution in [3.05, 3.63) is 12.2 Å². The average Bonchev–Trinajstić information content (AvgIpc) is 2.95. The Morgan fingerprint density at radius 1 is 1.24 bits per heavy atom. The van der Waals surface area contributed by atoms with E-state index in [1.54, 1.807) is 0 Å². The molecule has 5 heteroatoms. The van der Waals surface area contributed by atoms with Crippen molar-refractivity contribution in [1.82, 2.24) is 0 Å². The number of esters is 1. The van der Waals surface area contributed by atoms with Crippen molar-refractivity contribution < 1.29 is 19.1 Å². The Labute approximate surface area is 179 Å². The lowest BCUT2D eigenvalue weighted by Crippen LogP contribution is -2.46. The van der Waals surface area contributed by atoms with Crippen molar-refractivity contribution >= 4 is 14.3 Å². The Kier molecular flexibility index (Phi) is 8.58. The van der Waals surface area contributed by atoms with Crippen molar-refractivity contribution in [2.75, 3.05) is 6.61 Å². The Morgan fingerprint density at radius 2 is 1.93 bits per heavy atom. The average molecular weight is 425 g/mol. The van der Waals surface area contributed by atoms with E-state index in [2.05, 4.69) is 40.1 Å². The molecule has 2 aliphatic rings. The van der Waals surface area contributed by atoms with E-state index in [9.17, 15) is 9.90 Å². The molecule has 0 aromatic heterocycles. The Morgan fingerprint density at radius 3 is 2.55 bits per heavy atom. The van der Waals surface area contributed by atoms with Gasteiger partial charge in [0, 0.05) is 13.0 Å². The van der Waals surface area contributed by atoms with E-state index >= 15 is 0 Å². The van der Waals surface area contributed by atoms with Gasteiger partial charge >= 0.3 is 5.97 Å². The molecule has 29 heavy (non-hydrogen) atoms. The van der Waals surface area contributed by atoms with Gasteiger partial charge in [0.2, 0.25) is 0 Å². The molecule has 0 aliphatic heterocycles. The SMILES string of the molecule is C=C(COC(C)=O)CC(O)CC[C@@H](C)[C@H]1CCC2C(O[Si](C)(C)C)CCC[C@@]21C. The zero-order chi connectivity index (χ0) is 21.8. The van der Waals surface area contributed by atoms with Gasteiger partial charge in [0.25, 0.3) is 0 Å². The van der Waals surface area contributed by atoms with E-state index in [1.807, 2.05) is 0 Å². The van der Waals surface area contributed by atoms with Crippen molar-refractivity contribution in [2.45, 2.75) is 104 Å². The largest absolute Gasteiger partial charge is 0.461 e. The molecule has 0 spiro atoms. The topological polar surface area (TPSA) is 55.8 Å². The molecule has 2 fully saturated rings. The van der Waals surface area contributed by atoms with Crippen LogP contribution in [-0.4, -0.2) is 38.2 Å². The lowest BCUT2D eigenvalue weighted by molar-refractivity contribution is -0.140. The zero-order valence-corrected chi connectivity index (χ0v) is 20.6. The summed E-state index contributed by atoms with van der Waals surface area (Å²) in [5, 5.41) is 10.4. The molecule has 4 nitrogen and oxygen atoms in total. The van der Waals surface area contributed by atoms with Crippen molar-refractivity contribution in [3.63, 3.8) is 0 Å². The maximum absolute atomic E-state index is 10.9. The standard InChI is InChI=1S/C24H44O4Si/c1-17(16-27-19(3)25)15-20(26)11-10-18(2)21-12-13-22-23(28-29(5,6)7)9-8-14-24(21,22)4/h18,20-23,26H,1,8-16H2,2-7H3/t18-,20?,21-,22?,23?,24-/m1/s1. The Hall–Kier alpha value is -0.653. The van der Waals surface area contributed by atoms with E-state index in [0.29, 0.717) is 29.8 Å². The van der Waals surface area contributed by atoms with Gasteiger partial charge in [-0.1, -0.05) is 26.8 Å². The third-order valence-corrected chi connectivity index (χ3v) is 8.30. The van der Waals surface area contributed by atoms with Gasteiger partial charge in [-0.25, -0.2) is 0 Å². The van der Waals surface area contributed by atoms with Gasteiger partial charge in [0.05, 0.1) is 6.10 Å². The smallest absolute Gasteiger partial charge is 0.302 e. The molecule has 0 bridgehead atoms. The predicted molar refractivity (Wildman–Crippen MR) is 121 cm³/mol. The summed E-state index contributed by atoms with van der Waals surface area (Å²) in [7, 11) is -1.52. The van der Waals surface area contributed by atoms with Crippen LogP contribution in [0.2, 0.25) is 19.6 Å². The quantitative estimate of drug-likeness (QED) is 0.277. The van der Waals surface area contributed by atoms with Gasteiger partial charge in [0.1, 0.15) is 6.61 Å². The van der Waals surface area contributed by atoms with E-state index in [4.69, 9.17) is 9.16 Å². The molecular weight excluding hydrogens is 380 g/mol. The van der Waals surface area contributed by atoms with Gasteiger partial charge in [-0.05, 0) is 93.3 Å². The van der Waals surface area contributed by atoms with Gasteiger partial charge < -0.3 is 14.3 Å².